The Hall–Kier alpha value is -2.15. The van der Waals surface area contributed by atoms with Crippen LogP contribution in [0.1, 0.15) is 0 Å². The summed E-state index contributed by atoms with van der Waals surface area (Å²) < 4.78 is 1.16. The largest absolute Gasteiger partial charge is 0.304 e. The molecule has 0 bridgehead atoms. The Morgan fingerprint density at radius 3 is 3.05 bits per heavy atom. The summed E-state index contributed by atoms with van der Waals surface area (Å²) >= 11 is 1.50. The maximum atomic E-state index is 12.2. The minimum absolute atomic E-state index is 0.108. The molecule has 0 radical (unpaired) electrons. The summed E-state index contributed by atoms with van der Waals surface area (Å²) in [7, 11) is 0. The molecule has 7 heteroatoms. The van der Waals surface area contributed by atoms with Crippen molar-refractivity contribution in [2.75, 3.05) is 12.3 Å². The van der Waals surface area contributed by atoms with E-state index in [1.807, 2.05) is 12.1 Å². The van der Waals surface area contributed by atoms with Crippen LogP contribution < -0.4 is 10.9 Å². The highest BCUT2D eigenvalue weighted by atomic mass is 32.2. The van der Waals surface area contributed by atoms with E-state index in [1.165, 1.54) is 11.8 Å². The lowest BCUT2D eigenvalue weighted by Crippen LogP contribution is -2.35. The molecule has 0 spiro atoms. The number of aliphatic imine (C=N–C) groups is 1. The van der Waals surface area contributed by atoms with Crippen molar-refractivity contribution in [2.45, 2.75) is 6.54 Å². The number of amidine groups is 1. The first-order chi connectivity index (χ1) is 9.74. The Morgan fingerprint density at radius 2 is 2.25 bits per heavy atom. The molecule has 0 fully saturated rings. The van der Waals surface area contributed by atoms with Crippen LogP contribution in [-0.4, -0.2) is 33.2 Å². The molecule has 3 rings (SSSR count). The van der Waals surface area contributed by atoms with Crippen molar-refractivity contribution in [3.63, 3.8) is 0 Å². The Morgan fingerprint density at radius 1 is 1.40 bits per heavy atom. The first kappa shape index (κ1) is 12.9. The highest BCUT2D eigenvalue weighted by Crippen LogP contribution is 2.09. The summed E-state index contributed by atoms with van der Waals surface area (Å²) in [6, 6.07) is 7.18. The number of rotatable bonds is 2. The van der Waals surface area contributed by atoms with E-state index >= 15 is 0 Å². The minimum atomic E-state index is -0.289. The van der Waals surface area contributed by atoms with Crippen LogP contribution in [0.3, 0.4) is 0 Å². The molecule has 20 heavy (non-hydrogen) atoms. The predicted molar refractivity (Wildman–Crippen MR) is 78.9 cm³/mol. The number of aromatic nitrogens is 2. The number of carbonyl (C=O) groups excluding carboxylic acids is 1. The summed E-state index contributed by atoms with van der Waals surface area (Å²) in [5.74, 6) is 0.590. The van der Waals surface area contributed by atoms with Crippen LogP contribution in [0.25, 0.3) is 10.8 Å². The number of benzene rings is 1. The van der Waals surface area contributed by atoms with Gasteiger partial charge in [0.15, 0.2) is 5.17 Å². The fourth-order valence-electron chi connectivity index (χ4n) is 1.95. The number of nitrogens with one attached hydrogen (secondary N) is 1. The van der Waals surface area contributed by atoms with E-state index in [0.29, 0.717) is 17.1 Å². The molecule has 0 atom stereocenters. The van der Waals surface area contributed by atoms with Gasteiger partial charge in [0, 0.05) is 11.1 Å². The van der Waals surface area contributed by atoms with Gasteiger partial charge in [0.25, 0.3) is 5.56 Å². The second kappa shape index (κ2) is 5.46. The van der Waals surface area contributed by atoms with Gasteiger partial charge in [0.2, 0.25) is 5.91 Å². The molecular formula is C13H12N4O2S. The van der Waals surface area contributed by atoms with Crippen LogP contribution in [-0.2, 0) is 11.3 Å². The van der Waals surface area contributed by atoms with E-state index in [-0.39, 0.29) is 18.0 Å². The lowest BCUT2D eigenvalue weighted by atomic mass is 10.2. The fraction of sp³-hybridized carbons (Fsp3) is 0.231. The van der Waals surface area contributed by atoms with Crippen molar-refractivity contribution in [1.82, 2.24) is 15.1 Å². The molecule has 0 unspecified atom stereocenters. The summed E-state index contributed by atoms with van der Waals surface area (Å²) in [6.07, 6.45) is 1.59. The van der Waals surface area contributed by atoms with Crippen LogP contribution >= 0.6 is 11.8 Å². The van der Waals surface area contributed by atoms with Crippen molar-refractivity contribution in [2.24, 2.45) is 4.99 Å². The van der Waals surface area contributed by atoms with Gasteiger partial charge in [-0.2, -0.15) is 5.10 Å². The number of nitrogens with zero attached hydrogens (tertiary/aromatic N) is 3. The summed E-state index contributed by atoms with van der Waals surface area (Å²) in [5.41, 5.74) is -0.265. The molecular weight excluding hydrogens is 276 g/mol. The fourth-order valence-corrected chi connectivity index (χ4v) is 2.69. The third-order valence-corrected chi connectivity index (χ3v) is 3.78. The molecule has 0 saturated carbocycles. The van der Waals surface area contributed by atoms with Gasteiger partial charge in [0.1, 0.15) is 6.54 Å². The Kier molecular flexibility index (Phi) is 3.51. The molecule has 2 heterocycles. The number of thioether (sulfide) groups is 1. The molecule has 1 aliphatic rings. The third-order valence-electron chi connectivity index (χ3n) is 2.89. The molecule has 0 aliphatic carbocycles. The first-order valence-electron chi connectivity index (χ1n) is 6.16. The standard InChI is InChI=1S/C13H12N4O2S/c18-11(16-13-14-5-6-20-13)8-17-12(19)10-4-2-1-3-9(10)7-15-17/h1-4,7H,5-6,8H2,(H,14,16,18). The zero-order valence-electron chi connectivity index (χ0n) is 10.6. The van der Waals surface area contributed by atoms with Crippen molar-refractivity contribution >= 4 is 33.6 Å². The maximum Gasteiger partial charge on any atom is 0.275 e. The number of hydrogen-bond acceptors (Lipinski definition) is 5. The van der Waals surface area contributed by atoms with Gasteiger partial charge in [-0.1, -0.05) is 30.0 Å². The van der Waals surface area contributed by atoms with Crippen LogP contribution in [0.2, 0.25) is 0 Å². The van der Waals surface area contributed by atoms with Crippen LogP contribution in [0.15, 0.2) is 40.2 Å². The Labute approximate surface area is 118 Å². The second-order valence-corrected chi connectivity index (χ2v) is 5.36. The lowest BCUT2D eigenvalue weighted by Gasteiger charge is -2.06. The number of amides is 1. The first-order valence-corrected chi connectivity index (χ1v) is 7.14. The van der Waals surface area contributed by atoms with Crippen LogP contribution in [0.4, 0.5) is 0 Å². The zero-order chi connectivity index (χ0) is 13.9. The van der Waals surface area contributed by atoms with Crippen molar-refractivity contribution in [3.8, 4) is 0 Å². The second-order valence-electron chi connectivity index (χ2n) is 4.28. The number of hydrogen-bond donors (Lipinski definition) is 1. The third kappa shape index (κ3) is 2.57. The lowest BCUT2D eigenvalue weighted by molar-refractivity contribution is -0.120. The van der Waals surface area contributed by atoms with E-state index in [0.717, 1.165) is 15.8 Å². The van der Waals surface area contributed by atoms with Gasteiger partial charge >= 0.3 is 0 Å². The topological polar surface area (TPSA) is 76.3 Å². The van der Waals surface area contributed by atoms with Gasteiger partial charge in [0.05, 0.1) is 18.1 Å². The summed E-state index contributed by atoms with van der Waals surface area (Å²) in [5, 5.41) is 8.64. The highest BCUT2D eigenvalue weighted by molar-refractivity contribution is 8.14. The zero-order valence-corrected chi connectivity index (χ0v) is 11.4. The normalized spacial score (nSPS) is 14.3. The van der Waals surface area contributed by atoms with Gasteiger partial charge in [-0.25, -0.2) is 4.68 Å². The SMILES string of the molecule is O=C(Cn1ncc2ccccc2c1=O)NC1=NCCS1. The molecule has 1 aromatic carbocycles. The maximum absolute atomic E-state index is 12.2. The van der Waals surface area contributed by atoms with E-state index in [2.05, 4.69) is 15.4 Å². The van der Waals surface area contributed by atoms with E-state index < -0.39 is 0 Å². The summed E-state index contributed by atoms with van der Waals surface area (Å²) in [6.45, 7) is 0.609. The quantitative estimate of drug-likeness (QED) is 0.878. The van der Waals surface area contributed by atoms with Crippen molar-refractivity contribution in [3.05, 3.63) is 40.8 Å². The van der Waals surface area contributed by atoms with Crippen molar-refractivity contribution in [1.29, 1.82) is 0 Å². The number of fused-ring (bicyclic) bond motifs is 1. The molecule has 0 saturated heterocycles. The van der Waals surface area contributed by atoms with Crippen LogP contribution in [0.5, 0.6) is 0 Å². The van der Waals surface area contributed by atoms with Gasteiger partial charge < -0.3 is 5.32 Å². The number of carbonyl (C=O) groups is 1. The Bertz CT molecular complexity index is 753. The minimum Gasteiger partial charge on any atom is -0.304 e. The van der Waals surface area contributed by atoms with Gasteiger partial charge in [-0.15, -0.1) is 0 Å². The van der Waals surface area contributed by atoms with E-state index in [4.69, 9.17) is 0 Å². The van der Waals surface area contributed by atoms with Gasteiger partial charge in [-0.05, 0) is 6.07 Å². The molecule has 6 nitrogen and oxygen atoms in total. The summed E-state index contributed by atoms with van der Waals surface area (Å²) in [4.78, 5) is 28.2. The van der Waals surface area contributed by atoms with Gasteiger partial charge in [-0.3, -0.25) is 14.6 Å². The van der Waals surface area contributed by atoms with E-state index in [1.54, 1.807) is 18.3 Å². The monoisotopic (exact) mass is 288 g/mol. The smallest absolute Gasteiger partial charge is 0.275 e. The average molecular weight is 288 g/mol. The van der Waals surface area contributed by atoms with Crippen LogP contribution in [0, 0.1) is 0 Å². The molecule has 1 aliphatic heterocycles. The predicted octanol–water partition coefficient (Wildman–Crippen LogP) is 0.615. The highest BCUT2D eigenvalue weighted by Gasteiger charge is 2.13. The average Bonchev–Trinajstić information content (AvgIpc) is 2.95. The van der Waals surface area contributed by atoms with Crippen molar-refractivity contribution < 1.29 is 4.79 Å². The Balaban J connectivity index is 1.82. The molecule has 1 aromatic heterocycles. The van der Waals surface area contributed by atoms with E-state index in [9.17, 15) is 9.59 Å². The molecule has 1 amide bonds. The molecule has 1 N–H and O–H groups in total. The molecule has 2 aromatic rings. The molecule has 102 valence electrons.